The molecule has 3 aromatic rings. The van der Waals surface area contributed by atoms with Crippen LogP contribution >= 0.6 is 0 Å². The van der Waals surface area contributed by atoms with Crippen LogP contribution in [0.1, 0.15) is 23.6 Å². The minimum Gasteiger partial charge on any atom is -1.00 e. The molecule has 0 aromatic heterocycles. The quantitative estimate of drug-likeness (QED) is 0.101. The number of esters is 1. The Balaban J connectivity index is 0.00000441. The van der Waals surface area contributed by atoms with Crippen molar-refractivity contribution in [1.82, 2.24) is 0 Å². The number of halogens is 1. The molecule has 40 heavy (non-hydrogen) atoms. The van der Waals surface area contributed by atoms with Gasteiger partial charge in [-0.25, -0.2) is 0 Å². The molecule has 4 N–H and O–H groups in total. The number of nitrogens with two attached hydrogens (primary N) is 2. The van der Waals surface area contributed by atoms with Gasteiger partial charge < -0.3 is 17.0 Å². The van der Waals surface area contributed by atoms with Crippen LogP contribution in [0.5, 0.6) is 0 Å². The van der Waals surface area contributed by atoms with Gasteiger partial charge in [0.25, 0.3) is 0 Å². The minimum atomic E-state index is -0.764. The van der Waals surface area contributed by atoms with Crippen LogP contribution in [0, 0.1) is 0 Å². The largest absolute Gasteiger partial charge is 1.00 e. The van der Waals surface area contributed by atoms with E-state index in [4.69, 9.17) is 34.8 Å². The topological polar surface area (TPSA) is 115 Å². The number of amidine groups is 1. The van der Waals surface area contributed by atoms with Crippen molar-refractivity contribution in [2.75, 3.05) is 6.61 Å². The molecule has 1 heterocycles. The number of ether oxygens (including phenoxy) is 5. The van der Waals surface area contributed by atoms with Crippen LogP contribution in [0.25, 0.3) is 0 Å². The Kier molecular flexibility index (Phi) is 13.3. The van der Waals surface area contributed by atoms with Crippen LogP contribution in [0.4, 0.5) is 0 Å². The van der Waals surface area contributed by atoms with E-state index in [9.17, 15) is 4.79 Å². The van der Waals surface area contributed by atoms with Crippen LogP contribution in [0.3, 0.4) is 0 Å². The van der Waals surface area contributed by atoms with Crippen molar-refractivity contribution in [2.45, 2.75) is 56.2 Å². The van der Waals surface area contributed by atoms with E-state index in [0.717, 1.165) is 16.7 Å². The predicted octanol–water partition coefficient (Wildman–Crippen LogP) is -1.19. The Hall–Kier alpha value is -2.56. The van der Waals surface area contributed by atoms with Crippen LogP contribution < -0.4 is 28.1 Å². The summed E-state index contributed by atoms with van der Waals surface area (Å²) in [5.74, 6) is -0.450. The smallest absolute Gasteiger partial charge is 1.00 e. The normalized spacial score (nSPS) is 22.2. The number of hydrogen-bond donors (Lipinski definition) is 2. The fourth-order valence-electron chi connectivity index (χ4n) is 4.35. The summed E-state index contributed by atoms with van der Waals surface area (Å²) in [6, 6.07) is 29.6. The number of rotatable bonds is 13. The van der Waals surface area contributed by atoms with Crippen LogP contribution in [-0.2, 0) is 48.3 Å². The van der Waals surface area contributed by atoms with Gasteiger partial charge in [-0.2, -0.15) is 0 Å². The Morgan fingerprint density at radius 1 is 0.800 bits per heavy atom. The average Bonchev–Trinajstić information content (AvgIpc) is 2.94. The van der Waals surface area contributed by atoms with Crippen molar-refractivity contribution in [2.24, 2.45) is 5.73 Å². The summed E-state index contributed by atoms with van der Waals surface area (Å²) in [4.78, 5) is 12.2. The maximum Gasteiger partial charge on any atom is -1.00 e. The van der Waals surface area contributed by atoms with Crippen molar-refractivity contribution in [3.63, 3.8) is 0 Å². The summed E-state index contributed by atoms with van der Waals surface area (Å²) in [7, 11) is 0. The molecular weight excluding hydrogens is 643 g/mol. The number of carbonyl (C=O) groups excluding carboxylic acids is 1. The minimum absolute atomic E-state index is 0. The Labute approximate surface area is 251 Å². The van der Waals surface area contributed by atoms with E-state index in [0.29, 0.717) is 19.8 Å². The summed E-state index contributed by atoms with van der Waals surface area (Å²) < 4.78 is 31.5. The van der Waals surface area contributed by atoms with E-state index in [1.807, 2.05) is 91.0 Å². The molecule has 0 aliphatic carbocycles. The first-order valence-corrected chi connectivity index (χ1v) is 14.6. The van der Waals surface area contributed by atoms with Gasteiger partial charge in [-0.3, -0.25) is 0 Å². The second-order valence-electron chi connectivity index (χ2n) is 9.16. The summed E-state index contributed by atoms with van der Waals surface area (Å²) in [5, 5.41) is 5.34. The van der Waals surface area contributed by atoms with Crippen molar-refractivity contribution in [3.05, 3.63) is 108 Å². The molecule has 1 fully saturated rings. The van der Waals surface area contributed by atoms with Gasteiger partial charge in [-0.1, -0.05) is 0 Å². The van der Waals surface area contributed by atoms with E-state index >= 15 is 0 Å². The van der Waals surface area contributed by atoms with Crippen LogP contribution in [0.15, 0.2) is 91.0 Å². The zero-order chi connectivity index (χ0) is 27.5. The van der Waals surface area contributed by atoms with E-state index < -0.39 is 50.3 Å². The predicted molar refractivity (Wildman–Crippen MR) is 147 cm³/mol. The monoisotopic (exact) mass is 678 g/mol. The number of hydrogen-bond acceptors (Lipinski definition) is 6. The molecule has 0 spiro atoms. The molecule has 1 saturated heterocycles. The second kappa shape index (κ2) is 16.6. The molecule has 5 atom stereocenters. The van der Waals surface area contributed by atoms with Gasteiger partial charge >= 0.3 is 236 Å². The molecule has 3 aromatic carbocycles. The third kappa shape index (κ3) is 9.82. The van der Waals surface area contributed by atoms with Gasteiger partial charge in [0, 0.05) is 0 Å². The molecule has 10 heteroatoms. The molecule has 214 valence electrons. The summed E-state index contributed by atoms with van der Waals surface area (Å²) in [6.07, 6.45) is -2.53. The maximum absolute atomic E-state index is 12.2. The number of benzene rings is 3. The first-order chi connectivity index (χ1) is 19.0. The molecular formula is C30H35BrN2O6Se. The standard InChI is InChI=1S/C30H34N2O6Se.BrH/c1-21(33)37-28-27(36-19-24-15-9-4-10-16-24)26(35-18-23-13-7-3-8-14-23)25(38-29(28)39-30(31)32)20-34-17-22-11-5-2-6-12-22;/h2-16,25-29H,17-20H2,1H3,(H3,31,32);1H/t25-,26-,27+,28+,29-;/m1./s1. The zero-order valence-corrected chi connectivity index (χ0v) is 25.6. The molecule has 4 rings (SSSR count). The summed E-state index contributed by atoms with van der Waals surface area (Å²) in [5.41, 5.74) is 8.94. The zero-order valence-electron chi connectivity index (χ0n) is 22.3. The van der Waals surface area contributed by atoms with Crippen molar-refractivity contribution >= 4 is 25.7 Å². The SMILES string of the molecule is CC(=O)O[C@H]1[C@@H](OCc2ccccc2)[C@H](OCc2ccccc2)[C@@H](COCc2ccccc2)O[C@@H]1[Se]C(N)=[NH2+].[Br-]. The van der Waals surface area contributed by atoms with E-state index in [1.165, 1.54) is 6.92 Å². The van der Waals surface area contributed by atoms with Crippen molar-refractivity contribution < 1.29 is 50.9 Å². The third-order valence-electron chi connectivity index (χ3n) is 6.11. The fraction of sp³-hybridized carbons (Fsp3) is 0.333. The molecule has 8 nitrogen and oxygen atoms in total. The van der Waals surface area contributed by atoms with Gasteiger partial charge in [0.1, 0.15) is 0 Å². The van der Waals surface area contributed by atoms with Crippen LogP contribution in [0.2, 0.25) is 0 Å². The molecule has 1 aliphatic rings. The maximum atomic E-state index is 12.2. The fourth-order valence-corrected chi connectivity index (χ4v) is 6.05. The summed E-state index contributed by atoms with van der Waals surface area (Å²) in [6.45, 7) is 2.64. The Morgan fingerprint density at radius 2 is 1.27 bits per heavy atom. The molecule has 0 bridgehead atoms. The molecule has 0 saturated carbocycles. The first-order valence-electron chi connectivity index (χ1n) is 12.8. The number of carbonyl (C=O) groups is 1. The van der Waals surface area contributed by atoms with E-state index in [1.54, 1.807) is 0 Å². The van der Waals surface area contributed by atoms with Gasteiger partial charge in [-0.05, 0) is 0 Å². The van der Waals surface area contributed by atoms with Crippen molar-refractivity contribution in [1.29, 1.82) is 0 Å². The van der Waals surface area contributed by atoms with E-state index in [2.05, 4.69) is 0 Å². The first kappa shape index (κ1) is 32.0. The average molecular weight is 678 g/mol. The van der Waals surface area contributed by atoms with Gasteiger partial charge in [0.2, 0.25) is 0 Å². The Morgan fingerprint density at radius 3 is 1.75 bits per heavy atom. The third-order valence-corrected chi connectivity index (χ3v) is 7.96. The van der Waals surface area contributed by atoms with E-state index in [-0.39, 0.29) is 28.3 Å². The van der Waals surface area contributed by atoms with Gasteiger partial charge in [0.15, 0.2) is 0 Å². The Bertz CT molecular complexity index is 1170. The second-order valence-corrected chi connectivity index (χ2v) is 11.6. The molecule has 0 amide bonds. The van der Waals surface area contributed by atoms with Gasteiger partial charge in [-0.15, -0.1) is 0 Å². The molecule has 0 unspecified atom stereocenters. The molecule has 0 radical (unpaired) electrons. The van der Waals surface area contributed by atoms with Crippen LogP contribution in [-0.4, -0.2) is 61.7 Å². The van der Waals surface area contributed by atoms with Crippen molar-refractivity contribution in [3.8, 4) is 0 Å². The molecule has 1 aliphatic heterocycles. The summed E-state index contributed by atoms with van der Waals surface area (Å²) >= 11 is -0.490. The van der Waals surface area contributed by atoms with Gasteiger partial charge in [0.05, 0.1) is 0 Å².